The summed E-state index contributed by atoms with van der Waals surface area (Å²) < 4.78 is 38.7. The van der Waals surface area contributed by atoms with Crippen LogP contribution in [-0.2, 0) is 14.8 Å². The van der Waals surface area contributed by atoms with Crippen LogP contribution >= 0.6 is 0 Å². The average molecular weight is 493 g/mol. The largest absolute Gasteiger partial charge is 0.383 e. The minimum atomic E-state index is -3.92. The smallest absolute Gasteiger partial charge is 0.284 e. The Morgan fingerprint density at radius 2 is 1.66 bits per heavy atom. The van der Waals surface area contributed by atoms with Crippen molar-refractivity contribution >= 4 is 49.9 Å². The summed E-state index contributed by atoms with van der Waals surface area (Å²) in [6.45, 7) is 1.47. The highest BCUT2D eigenvalue weighted by atomic mass is 32.2. The van der Waals surface area contributed by atoms with Gasteiger partial charge < -0.3 is 16.8 Å². The van der Waals surface area contributed by atoms with Crippen LogP contribution in [-0.4, -0.2) is 24.3 Å². The zero-order valence-corrected chi connectivity index (χ0v) is 19.3. The molecule has 4 rings (SSSR count). The number of allylic oxidation sites excluding steroid dienone is 1. The maximum atomic E-state index is 15.0. The highest BCUT2D eigenvalue weighted by molar-refractivity contribution is 7.89. The summed E-state index contributed by atoms with van der Waals surface area (Å²) in [5, 5.41) is 8.27. The van der Waals surface area contributed by atoms with Gasteiger partial charge in [0.1, 0.15) is 5.82 Å². The predicted octanol–water partition coefficient (Wildman–Crippen LogP) is 3.45. The molecule has 0 aliphatic rings. The Kier molecular flexibility index (Phi) is 6.20. The molecule has 0 aliphatic heterocycles. The van der Waals surface area contributed by atoms with Crippen LogP contribution in [0.4, 0.5) is 21.8 Å². The fourth-order valence-electron chi connectivity index (χ4n) is 3.57. The van der Waals surface area contributed by atoms with E-state index in [4.69, 9.17) is 16.6 Å². The Morgan fingerprint density at radius 1 is 0.971 bits per heavy atom. The second kappa shape index (κ2) is 9.12. The highest BCUT2D eigenvalue weighted by Gasteiger charge is 2.17. The normalized spacial score (nSPS) is 12.3. The molecule has 0 unspecified atom stereocenters. The van der Waals surface area contributed by atoms with E-state index in [0.29, 0.717) is 33.3 Å². The number of nitrogens with two attached hydrogens (primary N) is 3. The third kappa shape index (κ3) is 4.95. The molecule has 0 fully saturated rings. The quantitative estimate of drug-likeness (QED) is 0.309. The topological polar surface area (TPSA) is 167 Å². The fourth-order valence-corrected chi connectivity index (χ4v) is 4.33. The van der Waals surface area contributed by atoms with E-state index in [2.05, 4.69) is 15.3 Å². The minimum Gasteiger partial charge on any atom is -0.383 e. The van der Waals surface area contributed by atoms with Gasteiger partial charge in [-0.15, -0.1) is 0 Å². The van der Waals surface area contributed by atoms with Crippen molar-refractivity contribution in [3.05, 3.63) is 78.1 Å². The number of carbonyl (C=O) groups is 1. The van der Waals surface area contributed by atoms with Crippen LogP contribution in [0.2, 0.25) is 0 Å². The van der Waals surface area contributed by atoms with Crippen LogP contribution < -0.4 is 21.9 Å². The number of sulfonamides is 1. The molecule has 7 N–H and O–H groups in total. The number of benzene rings is 3. The highest BCUT2D eigenvalue weighted by Crippen LogP contribution is 2.29. The van der Waals surface area contributed by atoms with Gasteiger partial charge in [-0.1, -0.05) is 36.4 Å². The van der Waals surface area contributed by atoms with E-state index in [1.54, 1.807) is 48.5 Å². The maximum Gasteiger partial charge on any atom is 0.284 e. The van der Waals surface area contributed by atoms with Crippen molar-refractivity contribution in [3.63, 3.8) is 0 Å². The van der Waals surface area contributed by atoms with Crippen molar-refractivity contribution in [2.75, 3.05) is 16.8 Å². The van der Waals surface area contributed by atoms with Crippen molar-refractivity contribution in [3.8, 4) is 11.1 Å². The minimum absolute atomic E-state index is 0.0227. The Labute approximate surface area is 200 Å². The van der Waals surface area contributed by atoms with Crippen LogP contribution in [0.1, 0.15) is 12.5 Å². The van der Waals surface area contributed by atoms with E-state index in [-0.39, 0.29) is 22.2 Å². The van der Waals surface area contributed by atoms with Crippen LogP contribution in [0.5, 0.6) is 0 Å². The standard InChI is InChI=1S/C24H21FN6O3S/c1-13(15-8-11-19-18(12-15)22(26)31-24(27)30-19)21(25)23(32)29-16-9-6-14(7-10-16)17-4-2-3-5-20(17)35(28,33)34/h2-12H,1H3,(H,29,32)(H2,28,33,34)(H4,26,27,30,31)/b21-13-. The molecule has 0 radical (unpaired) electrons. The SMILES string of the molecule is C/C(=C(/F)C(=O)Nc1ccc(-c2ccccc2S(N)(=O)=O)cc1)c1ccc2nc(N)nc(N)c2c1. The van der Waals surface area contributed by atoms with Crippen LogP contribution in [0.3, 0.4) is 0 Å². The van der Waals surface area contributed by atoms with Crippen molar-refractivity contribution in [1.29, 1.82) is 0 Å². The number of nitrogens with zero attached hydrogens (tertiary/aromatic N) is 2. The fraction of sp³-hybridized carbons (Fsp3) is 0.0417. The average Bonchev–Trinajstić information content (AvgIpc) is 2.83. The number of hydrogen-bond donors (Lipinski definition) is 4. The zero-order valence-electron chi connectivity index (χ0n) is 18.5. The number of hydrogen-bond acceptors (Lipinski definition) is 7. The number of carbonyl (C=O) groups excluding carboxylic acids is 1. The van der Waals surface area contributed by atoms with Gasteiger partial charge in [0.15, 0.2) is 5.83 Å². The molecule has 4 aromatic rings. The molecule has 3 aromatic carbocycles. The number of anilines is 3. The van der Waals surface area contributed by atoms with E-state index >= 15 is 0 Å². The lowest BCUT2D eigenvalue weighted by Gasteiger charge is -2.10. The van der Waals surface area contributed by atoms with E-state index in [1.807, 2.05) is 0 Å². The summed E-state index contributed by atoms with van der Waals surface area (Å²) in [6, 6.07) is 17.4. The van der Waals surface area contributed by atoms with E-state index < -0.39 is 21.8 Å². The zero-order chi connectivity index (χ0) is 25.3. The second-order valence-electron chi connectivity index (χ2n) is 7.71. The molecule has 0 spiro atoms. The van der Waals surface area contributed by atoms with E-state index in [0.717, 1.165) is 0 Å². The summed E-state index contributed by atoms with van der Waals surface area (Å²) in [5.41, 5.74) is 13.8. The molecule has 9 nitrogen and oxygen atoms in total. The lowest BCUT2D eigenvalue weighted by atomic mass is 10.0. The summed E-state index contributed by atoms with van der Waals surface area (Å²) in [4.78, 5) is 20.5. The number of rotatable bonds is 5. The number of nitrogen functional groups attached to an aromatic ring is 2. The summed E-state index contributed by atoms with van der Waals surface area (Å²) in [6.07, 6.45) is 0. The molecular weight excluding hydrogens is 471 g/mol. The number of fused-ring (bicyclic) bond motifs is 1. The predicted molar refractivity (Wildman–Crippen MR) is 134 cm³/mol. The summed E-state index contributed by atoms with van der Waals surface area (Å²) >= 11 is 0. The molecule has 0 atom stereocenters. The van der Waals surface area contributed by atoms with Gasteiger partial charge in [0.2, 0.25) is 16.0 Å². The van der Waals surface area contributed by atoms with Gasteiger partial charge in [-0.25, -0.2) is 22.9 Å². The third-order valence-electron chi connectivity index (χ3n) is 5.35. The van der Waals surface area contributed by atoms with Gasteiger partial charge in [-0.05, 0) is 54.0 Å². The molecule has 1 aromatic heterocycles. The van der Waals surface area contributed by atoms with Crippen LogP contribution in [0.25, 0.3) is 27.6 Å². The van der Waals surface area contributed by atoms with Crippen LogP contribution in [0.15, 0.2) is 77.5 Å². The molecular formula is C24H21FN6O3S. The molecule has 178 valence electrons. The van der Waals surface area contributed by atoms with Crippen molar-refractivity contribution < 1.29 is 17.6 Å². The molecule has 0 saturated carbocycles. The van der Waals surface area contributed by atoms with E-state index in [1.165, 1.54) is 25.1 Å². The first-order valence-corrected chi connectivity index (χ1v) is 11.8. The number of primary sulfonamides is 1. The number of nitrogens with one attached hydrogen (secondary N) is 1. The van der Waals surface area contributed by atoms with Gasteiger partial charge in [0, 0.05) is 16.6 Å². The molecule has 35 heavy (non-hydrogen) atoms. The van der Waals surface area contributed by atoms with Crippen molar-refractivity contribution in [2.24, 2.45) is 5.14 Å². The van der Waals surface area contributed by atoms with Crippen molar-refractivity contribution in [1.82, 2.24) is 9.97 Å². The number of aromatic nitrogens is 2. The first-order chi connectivity index (χ1) is 16.5. The Bertz CT molecular complexity index is 1600. The monoisotopic (exact) mass is 492 g/mol. The third-order valence-corrected chi connectivity index (χ3v) is 6.32. The molecule has 0 bridgehead atoms. The summed E-state index contributed by atoms with van der Waals surface area (Å²) in [5.74, 6) is -1.75. The lowest BCUT2D eigenvalue weighted by molar-refractivity contribution is -0.114. The number of amides is 1. The van der Waals surface area contributed by atoms with Gasteiger partial charge in [-0.3, -0.25) is 4.79 Å². The molecule has 0 aliphatic carbocycles. The molecule has 11 heteroatoms. The van der Waals surface area contributed by atoms with Gasteiger partial charge in [0.05, 0.1) is 10.4 Å². The Morgan fingerprint density at radius 3 is 2.34 bits per heavy atom. The number of halogens is 1. The summed E-state index contributed by atoms with van der Waals surface area (Å²) in [7, 11) is -3.92. The van der Waals surface area contributed by atoms with Gasteiger partial charge >= 0.3 is 0 Å². The lowest BCUT2D eigenvalue weighted by Crippen LogP contribution is -2.13. The Hall–Kier alpha value is -4.35. The first kappa shape index (κ1) is 23.8. The first-order valence-electron chi connectivity index (χ1n) is 10.3. The van der Waals surface area contributed by atoms with E-state index in [9.17, 15) is 17.6 Å². The molecule has 0 saturated heterocycles. The van der Waals surface area contributed by atoms with Crippen molar-refractivity contribution in [2.45, 2.75) is 11.8 Å². The van der Waals surface area contributed by atoms with Gasteiger partial charge in [-0.2, -0.15) is 4.98 Å². The second-order valence-corrected chi connectivity index (χ2v) is 9.24. The molecule has 1 amide bonds. The van der Waals surface area contributed by atoms with Crippen LogP contribution in [0, 0.1) is 0 Å². The van der Waals surface area contributed by atoms with Gasteiger partial charge in [0.25, 0.3) is 5.91 Å². The maximum absolute atomic E-state index is 15.0. The Balaban J connectivity index is 1.58. The molecule has 1 heterocycles.